The van der Waals surface area contributed by atoms with Crippen molar-refractivity contribution in [2.24, 2.45) is 0 Å². The number of rotatable bonds is 3. The zero-order valence-corrected chi connectivity index (χ0v) is 18.2. The first-order chi connectivity index (χ1) is 13.8. The standard InChI is InChI=1S/C19H16BrClF2N2O3S/c20-12-1-2-17-11(7-12)10-28-19(26)25(17)13-3-5-24(6-4-13)29(27)18-9-16(23)15(22)8-14(18)21/h1-2,7-9,13H,3-6,10H2. The molecule has 0 spiro atoms. The molecule has 5 nitrogen and oxygen atoms in total. The molecule has 0 saturated carbocycles. The Hall–Kier alpha value is -1.39. The molecule has 2 aliphatic heterocycles. The summed E-state index contributed by atoms with van der Waals surface area (Å²) in [5, 5.41) is -0.0801. The van der Waals surface area contributed by atoms with E-state index in [2.05, 4.69) is 15.9 Å². The van der Waals surface area contributed by atoms with Gasteiger partial charge < -0.3 is 9.29 Å². The summed E-state index contributed by atoms with van der Waals surface area (Å²) in [5.74, 6) is -2.17. The maximum Gasteiger partial charge on any atom is 0.414 e. The molecule has 10 heteroatoms. The van der Waals surface area contributed by atoms with Crippen molar-refractivity contribution in [2.45, 2.75) is 30.4 Å². The lowest BCUT2D eigenvalue weighted by Gasteiger charge is -2.39. The summed E-state index contributed by atoms with van der Waals surface area (Å²) in [7, 11) is 0. The highest BCUT2D eigenvalue weighted by atomic mass is 79.9. The summed E-state index contributed by atoms with van der Waals surface area (Å²) in [5.41, 5.74) is 1.73. The molecule has 1 fully saturated rings. The first kappa shape index (κ1) is 20.9. The Kier molecular flexibility index (Phi) is 6.04. The summed E-state index contributed by atoms with van der Waals surface area (Å²) in [4.78, 5) is 14.1. The highest BCUT2D eigenvalue weighted by Crippen LogP contribution is 2.35. The third kappa shape index (κ3) is 4.11. The number of ether oxygens (including phenoxy) is 1. The molecule has 154 valence electrons. The highest BCUT2D eigenvalue weighted by molar-refractivity contribution is 9.10. The molecule has 1 amide bonds. The van der Waals surface area contributed by atoms with Gasteiger partial charge in [0.25, 0.3) is 0 Å². The van der Waals surface area contributed by atoms with Crippen molar-refractivity contribution in [2.75, 3.05) is 18.0 Å². The van der Waals surface area contributed by atoms with Crippen LogP contribution < -0.4 is 4.90 Å². The Morgan fingerprint density at radius 1 is 1.17 bits per heavy atom. The lowest BCUT2D eigenvalue weighted by molar-refractivity contribution is 0.135. The first-order valence-electron chi connectivity index (χ1n) is 8.91. The summed E-state index contributed by atoms with van der Waals surface area (Å²) in [6.07, 6.45) is 0.706. The second-order valence-corrected chi connectivity index (χ2v) is 9.58. The van der Waals surface area contributed by atoms with Crippen molar-refractivity contribution in [3.05, 3.63) is 57.0 Å². The number of nitrogens with zero attached hydrogens (tertiary/aromatic N) is 2. The third-order valence-electron chi connectivity index (χ3n) is 5.03. The number of carbonyl (C=O) groups excluding carboxylic acids is 1. The average Bonchev–Trinajstić information content (AvgIpc) is 2.70. The van der Waals surface area contributed by atoms with Gasteiger partial charge in [-0.15, -0.1) is 4.31 Å². The van der Waals surface area contributed by atoms with Crippen LogP contribution in [0, 0.1) is 11.6 Å². The Morgan fingerprint density at radius 3 is 2.59 bits per heavy atom. The van der Waals surface area contributed by atoms with Gasteiger partial charge in [-0.25, -0.2) is 13.6 Å². The predicted molar refractivity (Wildman–Crippen MR) is 109 cm³/mol. The second kappa shape index (κ2) is 8.39. The highest BCUT2D eigenvalue weighted by Gasteiger charge is 2.37. The van der Waals surface area contributed by atoms with Crippen LogP contribution in [0.25, 0.3) is 0 Å². The average molecular weight is 506 g/mol. The topological polar surface area (TPSA) is 55.8 Å². The minimum atomic E-state index is -1.72. The molecule has 0 N–H and O–H groups in total. The summed E-state index contributed by atoms with van der Waals surface area (Å²) < 4.78 is 47.5. The molecule has 2 aromatic rings. The van der Waals surface area contributed by atoms with E-state index in [1.54, 1.807) is 9.21 Å². The van der Waals surface area contributed by atoms with Crippen molar-refractivity contribution in [1.29, 1.82) is 0 Å². The van der Waals surface area contributed by atoms with Gasteiger partial charge in [-0.2, -0.15) is 0 Å². The lowest BCUT2D eigenvalue weighted by Crippen LogP contribution is -2.50. The van der Waals surface area contributed by atoms with Crippen LogP contribution in [0.4, 0.5) is 19.3 Å². The SMILES string of the molecule is O=C1OCc2cc(Br)ccc2N1C1CCN([S+]([O-])c2cc(F)c(F)cc2Cl)CC1. The smallest absolute Gasteiger partial charge is 0.414 e. The third-order valence-corrected chi connectivity index (χ3v) is 7.50. The number of piperidine rings is 1. The van der Waals surface area contributed by atoms with Gasteiger partial charge in [0.1, 0.15) is 11.6 Å². The van der Waals surface area contributed by atoms with Gasteiger partial charge in [-0.1, -0.05) is 27.5 Å². The van der Waals surface area contributed by atoms with Gasteiger partial charge in [0, 0.05) is 41.3 Å². The molecule has 2 aromatic carbocycles. The van der Waals surface area contributed by atoms with Crippen molar-refractivity contribution in [3.63, 3.8) is 0 Å². The van der Waals surface area contributed by atoms with Gasteiger partial charge in [-0.05, 0) is 31.0 Å². The molecular weight excluding hydrogens is 490 g/mol. The number of cyclic esters (lactones) is 1. The number of carbonyl (C=O) groups is 1. The normalized spacial score (nSPS) is 19.1. The molecule has 0 aliphatic carbocycles. The van der Waals surface area contributed by atoms with Crippen LogP contribution >= 0.6 is 27.5 Å². The van der Waals surface area contributed by atoms with E-state index >= 15 is 0 Å². The summed E-state index contributed by atoms with van der Waals surface area (Å²) in [6, 6.07) is 7.26. The fraction of sp³-hybridized carbons (Fsp3) is 0.316. The van der Waals surface area contributed by atoms with Crippen LogP contribution in [0.15, 0.2) is 39.7 Å². The number of fused-ring (bicyclic) bond motifs is 1. The fourth-order valence-electron chi connectivity index (χ4n) is 3.60. The van der Waals surface area contributed by atoms with Crippen molar-refractivity contribution in [3.8, 4) is 0 Å². The van der Waals surface area contributed by atoms with Crippen molar-refractivity contribution in [1.82, 2.24) is 4.31 Å². The molecule has 2 heterocycles. The molecule has 29 heavy (non-hydrogen) atoms. The summed E-state index contributed by atoms with van der Waals surface area (Å²) in [6.45, 7) is 1.03. The van der Waals surface area contributed by atoms with Crippen molar-refractivity contribution >= 4 is 50.7 Å². The maximum atomic E-state index is 13.6. The molecule has 0 aromatic heterocycles. The summed E-state index contributed by atoms with van der Waals surface area (Å²) >= 11 is 7.65. The van der Waals surface area contributed by atoms with E-state index in [1.165, 1.54) is 0 Å². The number of hydrogen-bond donors (Lipinski definition) is 0. The van der Waals surface area contributed by atoms with E-state index in [9.17, 15) is 18.1 Å². The van der Waals surface area contributed by atoms with Gasteiger partial charge in [0.2, 0.25) is 0 Å². The lowest BCUT2D eigenvalue weighted by atomic mass is 10.0. The van der Waals surface area contributed by atoms with Gasteiger partial charge >= 0.3 is 6.09 Å². The van der Waals surface area contributed by atoms with Gasteiger partial charge in [-0.3, -0.25) is 4.90 Å². The Labute approximate surface area is 183 Å². The van der Waals surface area contributed by atoms with E-state index < -0.39 is 29.1 Å². The first-order valence-corrected chi connectivity index (χ1v) is 11.2. The van der Waals surface area contributed by atoms with Crippen LogP contribution in [0.5, 0.6) is 0 Å². The minimum Gasteiger partial charge on any atom is -0.593 e. The molecule has 0 radical (unpaired) electrons. The van der Waals surface area contributed by atoms with Crippen LogP contribution in [0.2, 0.25) is 5.02 Å². The van der Waals surface area contributed by atoms with E-state index in [4.69, 9.17) is 16.3 Å². The van der Waals surface area contributed by atoms with E-state index in [1.807, 2.05) is 18.2 Å². The zero-order chi connectivity index (χ0) is 20.7. The maximum absolute atomic E-state index is 13.6. The molecule has 0 bridgehead atoms. The van der Waals surface area contributed by atoms with E-state index in [0.29, 0.717) is 25.9 Å². The fourth-order valence-corrected chi connectivity index (χ4v) is 5.61. The van der Waals surface area contributed by atoms with E-state index in [0.717, 1.165) is 27.9 Å². The van der Waals surface area contributed by atoms with Gasteiger partial charge in [0.05, 0.1) is 17.0 Å². The minimum absolute atomic E-state index is 0.0385. The van der Waals surface area contributed by atoms with Crippen LogP contribution in [-0.4, -0.2) is 34.1 Å². The number of halogens is 4. The van der Waals surface area contributed by atoms with Crippen LogP contribution in [0.3, 0.4) is 0 Å². The zero-order valence-electron chi connectivity index (χ0n) is 15.0. The quantitative estimate of drug-likeness (QED) is 0.434. The Bertz CT molecular complexity index is 959. The molecular formula is C19H16BrClF2N2O3S. The van der Waals surface area contributed by atoms with Crippen molar-refractivity contribution < 1.29 is 22.9 Å². The molecule has 2 aliphatic rings. The van der Waals surface area contributed by atoms with Crippen LogP contribution in [0.1, 0.15) is 18.4 Å². The molecule has 1 unspecified atom stereocenters. The van der Waals surface area contributed by atoms with Gasteiger partial charge in [0.15, 0.2) is 16.5 Å². The molecule has 1 saturated heterocycles. The largest absolute Gasteiger partial charge is 0.593 e. The number of benzene rings is 2. The predicted octanol–water partition coefficient (Wildman–Crippen LogP) is 5.02. The second-order valence-electron chi connectivity index (χ2n) is 6.80. The number of hydrogen-bond acceptors (Lipinski definition) is 4. The number of anilines is 1. The molecule has 4 rings (SSSR count). The van der Waals surface area contributed by atoms with E-state index in [-0.39, 0.29) is 22.6 Å². The molecule has 1 atom stereocenters. The Morgan fingerprint density at radius 2 is 1.86 bits per heavy atom. The number of amides is 1. The van der Waals surface area contributed by atoms with Crippen LogP contribution in [-0.2, 0) is 22.7 Å². The Balaban J connectivity index is 1.49. The monoisotopic (exact) mass is 504 g/mol.